The van der Waals surface area contributed by atoms with Crippen LogP contribution in [0.25, 0.3) is 0 Å². The van der Waals surface area contributed by atoms with Gasteiger partial charge in [-0.15, -0.1) is 15.7 Å². The number of hydrogen-bond donors (Lipinski definition) is 2. The lowest BCUT2D eigenvalue weighted by atomic mass is 9.85. The Morgan fingerprint density at radius 2 is 1.75 bits per heavy atom. The number of aromatic nitrogens is 1. The first-order valence-electron chi connectivity index (χ1n) is 9.59. The monoisotopic (exact) mass is 516 g/mol. The van der Waals surface area contributed by atoms with Crippen molar-refractivity contribution in [2.24, 2.45) is 9.50 Å². The van der Waals surface area contributed by atoms with Crippen LogP contribution in [0.1, 0.15) is 80.5 Å². The van der Waals surface area contributed by atoms with Gasteiger partial charge in [-0.05, 0) is 54.5 Å². The quantitative estimate of drug-likeness (QED) is 0.595. The van der Waals surface area contributed by atoms with Crippen LogP contribution in [0.2, 0.25) is 0 Å². The Balaban J connectivity index is 0.00000480. The molecule has 0 bridgehead atoms. The summed E-state index contributed by atoms with van der Waals surface area (Å²) in [5, 5.41) is 25.3. The van der Waals surface area contributed by atoms with E-state index in [0.717, 1.165) is 28.0 Å². The molecule has 178 valence electrons. The fourth-order valence-corrected chi connectivity index (χ4v) is 5.22. The number of amides is 1. The van der Waals surface area contributed by atoms with E-state index in [-0.39, 0.29) is 49.6 Å². The zero-order chi connectivity index (χ0) is 22.9. The molecule has 2 rings (SSSR count). The molecule has 0 radical (unpaired) electrons. The molecule has 0 saturated carbocycles. The van der Waals surface area contributed by atoms with Crippen molar-refractivity contribution in [3.8, 4) is 6.07 Å². The molecule has 1 aromatic heterocycles. The van der Waals surface area contributed by atoms with Gasteiger partial charge in [0.15, 0.2) is 9.92 Å². The maximum Gasteiger partial charge on any atom is 0.259 e. The normalized spacial score (nSPS) is 13.0. The zero-order valence-electron chi connectivity index (χ0n) is 19.1. The van der Waals surface area contributed by atoms with E-state index in [1.807, 2.05) is 27.7 Å². The molecule has 0 aliphatic rings. The molecule has 1 unspecified atom stereocenters. The van der Waals surface area contributed by atoms with Crippen molar-refractivity contribution in [3.05, 3.63) is 45.5 Å². The molecule has 11 heteroatoms. The van der Waals surface area contributed by atoms with E-state index in [1.54, 1.807) is 26.0 Å². The first-order chi connectivity index (χ1) is 13.8. The Labute approximate surface area is 208 Å². The van der Waals surface area contributed by atoms with Crippen LogP contribution in [0.5, 0.6) is 0 Å². The smallest absolute Gasteiger partial charge is 0.259 e. The van der Waals surface area contributed by atoms with Gasteiger partial charge < -0.3 is 5.11 Å². The highest BCUT2D eigenvalue weighted by atomic mass is 32.2. The predicted molar refractivity (Wildman–Crippen MR) is 139 cm³/mol. The van der Waals surface area contributed by atoms with Gasteiger partial charge in [0.2, 0.25) is 4.34 Å². The zero-order valence-corrected chi connectivity index (χ0v) is 22.7. The highest BCUT2D eigenvalue weighted by molar-refractivity contribution is 7.93. The molecule has 0 aliphatic carbocycles. The molecule has 7 nitrogen and oxygen atoms in total. The Morgan fingerprint density at radius 1 is 1.25 bits per heavy atom. The molecule has 2 aromatic rings. The summed E-state index contributed by atoms with van der Waals surface area (Å²) in [6.45, 7) is 11.1. The van der Waals surface area contributed by atoms with E-state index < -0.39 is 21.4 Å². The maximum atomic E-state index is 12.9. The lowest BCUT2D eigenvalue weighted by molar-refractivity contribution is -0.117. The molecular weight excluding hydrogens is 485 g/mol. The molecule has 0 spiro atoms. The van der Waals surface area contributed by atoms with Gasteiger partial charge in [0, 0.05) is 6.20 Å². The van der Waals surface area contributed by atoms with Crippen molar-refractivity contribution in [1.82, 2.24) is 4.98 Å². The van der Waals surface area contributed by atoms with Crippen LogP contribution < -0.4 is 5.14 Å². The van der Waals surface area contributed by atoms with Crippen molar-refractivity contribution >= 4 is 54.2 Å². The third kappa shape index (κ3) is 7.30. The Bertz CT molecular complexity index is 1090. The third-order valence-electron chi connectivity index (χ3n) is 4.60. The fraction of sp³-hybridized carbons (Fsp3) is 0.476. The van der Waals surface area contributed by atoms with Gasteiger partial charge >= 0.3 is 0 Å². The van der Waals surface area contributed by atoms with Crippen LogP contribution in [0.15, 0.2) is 27.0 Å². The van der Waals surface area contributed by atoms with Crippen molar-refractivity contribution in [3.63, 3.8) is 0 Å². The molecular formula is C21H32N4O3S4. The van der Waals surface area contributed by atoms with E-state index in [9.17, 15) is 19.4 Å². The maximum absolute atomic E-state index is 12.9. The van der Waals surface area contributed by atoms with Crippen molar-refractivity contribution in [2.75, 3.05) is 0 Å². The van der Waals surface area contributed by atoms with Gasteiger partial charge in [-0.1, -0.05) is 27.7 Å². The molecule has 0 saturated heterocycles. The summed E-state index contributed by atoms with van der Waals surface area (Å²) >= 11 is 0.972. The van der Waals surface area contributed by atoms with Crippen molar-refractivity contribution in [2.45, 2.75) is 69.7 Å². The summed E-state index contributed by atoms with van der Waals surface area (Å²) < 4.78 is 16.7. The van der Waals surface area contributed by atoms with Gasteiger partial charge in [0.1, 0.15) is 0 Å². The third-order valence-corrected chi connectivity index (χ3v) is 7.75. The molecule has 1 heterocycles. The summed E-state index contributed by atoms with van der Waals surface area (Å²) in [6.07, 6.45) is 1.32. The molecule has 32 heavy (non-hydrogen) atoms. The van der Waals surface area contributed by atoms with Gasteiger partial charge in [0.25, 0.3) is 5.91 Å². The summed E-state index contributed by atoms with van der Waals surface area (Å²) in [4.78, 5) is 17.2. The van der Waals surface area contributed by atoms with Crippen LogP contribution >= 0.6 is 38.3 Å². The minimum absolute atomic E-state index is 0. The highest BCUT2D eigenvalue weighted by Crippen LogP contribution is 2.31. The number of carbonyl (C=O) groups is 1. The minimum Gasteiger partial charge on any atom is -0.385 e. The Kier molecular flexibility index (Phi) is 11.1. The van der Waals surface area contributed by atoms with Gasteiger partial charge in [-0.2, -0.15) is 32.3 Å². The summed E-state index contributed by atoms with van der Waals surface area (Å²) in [6, 6.07) is 5.74. The average Bonchev–Trinajstić information content (AvgIpc) is 3.12. The van der Waals surface area contributed by atoms with E-state index in [1.165, 1.54) is 6.20 Å². The second-order valence-electron chi connectivity index (χ2n) is 8.33. The summed E-state index contributed by atoms with van der Waals surface area (Å²) in [5.41, 5.74) is 1.96. The Morgan fingerprint density at radius 3 is 2.12 bits per heavy atom. The average molecular weight is 517 g/mol. The number of nitrogens with zero attached hydrogens (tertiary/aromatic N) is 3. The number of benzene rings is 1. The van der Waals surface area contributed by atoms with Crippen LogP contribution in [0.4, 0.5) is 0 Å². The molecule has 0 fully saturated rings. The van der Waals surface area contributed by atoms with Gasteiger partial charge in [-0.3, -0.25) is 4.79 Å². The molecule has 1 atom stereocenters. The van der Waals surface area contributed by atoms with Crippen molar-refractivity contribution in [1.29, 1.82) is 5.26 Å². The van der Waals surface area contributed by atoms with Crippen molar-refractivity contribution < 1.29 is 14.1 Å². The number of aliphatic hydroxyl groups is 1. The number of rotatable bonds is 6. The highest BCUT2D eigenvalue weighted by Gasteiger charge is 2.24. The summed E-state index contributed by atoms with van der Waals surface area (Å²) in [7, 11) is -3.53. The topological polar surface area (TPSA) is 129 Å². The molecule has 1 amide bonds. The van der Waals surface area contributed by atoms with Crippen LogP contribution in [-0.2, 0) is 26.7 Å². The summed E-state index contributed by atoms with van der Waals surface area (Å²) in [5.74, 6) is -0.431. The van der Waals surface area contributed by atoms with Crippen LogP contribution in [0.3, 0.4) is 0 Å². The van der Waals surface area contributed by atoms with E-state index in [4.69, 9.17) is 5.14 Å². The number of nitriles is 1. The minimum atomic E-state index is -3.53. The second-order valence-corrected chi connectivity index (χ2v) is 11.3. The lowest BCUT2D eigenvalue weighted by Gasteiger charge is -2.19. The number of thiazole rings is 1. The fourth-order valence-electron chi connectivity index (χ4n) is 3.07. The number of carbonyl (C=O) groups excluding carboxylic acids is 1. The second kappa shape index (κ2) is 11.6. The van der Waals surface area contributed by atoms with E-state index in [0.29, 0.717) is 10.4 Å². The van der Waals surface area contributed by atoms with Crippen LogP contribution in [-0.4, -0.2) is 20.2 Å². The molecule has 3 N–H and O–H groups in total. The van der Waals surface area contributed by atoms with Gasteiger partial charge in [-0.25, -0.2) is 14.3 Å². The molecule has 1 aromatic carbocycles. The van der Waals surface area contributed by atoms with E-state index >= 15 is 0 Å². The molecule has 0 aliphatic heterocycles. The van der Waals surface area contributed by atoms with Gasteiger partial charge in [0.05, 0.1) is 28.5 Å². The standard InChI is InChI=1S/C21H28N4O3S2.2H2S/c1-12(2)15-7-14(10-22)8-16(13(3)4)17(15)9-19(26)25-30(23,28)20-24-11-18(29-20)21(5,6)27;;/h7-8,11-13,27H,9H2,1-6H3,(H2,23,25,26,28);2*1H2. The first kappa shape index (κ1) is 30.6. The number of nitrogens with two attached hydrogens (primary N) is 1. The largest absolute Gasteiger partial charge is 0.385 e. The number of hydrogen-bond acceptors (Lipinski definition) is 6. The predicted octanol–water partition coefficient (Wildman–Crippen LogP) is 4.18. The Hall–Kier alpha value is -1.42. The van der Waals surface area contributed by atoms with Crippen LogP contribution in [0, 0.1) is 11.3 Å². The first-order valence-corrected chi connectivity index (χ1v) is 12.0. The lowest BCUT2D eigenvalue weighted by Crippen LogP contribution is -2.17. The SMILES string of the molecule is CC(C)c1cc(C#N)cc(C(C)C)c1CC(=O)N=S(N)(=O)c1ncc(C(C)(C)O)s1.S.S. The van der Waals surface area contributed by atoms with E-state index in [2.05, 4.69) is 15.4 Å².